The molecule has 1 aromatic rings. The van der Waals surface area contributed by atoms with E-state index < -0.39 is 30.0 Å². The number of aliphatic imine (C=N–C) groups is 1. The van der Waals surface area contributed by atoms with E-state index in [0.29, 0.717) is 25.8 Å². The molecule has 0 fully saturated rings. The zero-order valence-electron chi connectivity index (χ0n) is 18.1. The predicted octanol–water partition coefficient (Wildman–Crippen LogP) is -0.643. The number of phenolic OH excluding ortho intramolecular Hbond substituents is 1. The number of aromatic hydroxyl groups is 1. The molecule has 10 heteroatoms. The first-order valence-electron chi connectivity index (χ1n) is 10.4. The molecule has 0 aromatic heterocycles. The molecule has 0 saturated heterocycles. The number of rotatable bonds is 13. The molecule has 10 nitrogen and oxygen atoms in total. The van der Waals surface area contributed by atoms with E-state index in [2.05, 4.69) is 15.6 Å². The second kappa shape index (κ2) is 13.5. The number of hydrogen-bond acceptors (Lipinski definition) is 6. The van der Waals surface area contributed by atoms with Crippen molar-refractivity contribution < 1.29 is 24.9 Å². The lowest BCUT2D eigenvalue weighted by Gasteiger charge is -2.25. The van der Waals surface area contributed by atoms with E-state index in [1.807, 2.05) is 0 Å². The van der Waals surface area contributed by atoms with Crippen molar-refractivity contribution >= 4 is 17.8 Å². The van der Waals surface area contributed by atoms with Crippen molar-refractivity contribution in [3.8, 4) is 5.75 Å². The first-order chi connectivity index (χ1) is 14.6. The molecule has 2 amide bonds. The molecule has 3 atom stereocenters. The van der Waals surface area contributed by atoms with Gasteiger partial charge in [-0.2, -0.15) is 0 Å². The maximum Gasteiger partial charge on any atom is 0.249 e. The normalized spacial score (nSPS) is 13.8. The molecular weight excluding hydrogens is 402 g/mol. The van der Waals surface area contributed by atoms with Crippen LogP contribution >= 0.6 is 0 Å². The summed E-state index contributed by atoms with van der Waals surface area (Å²) in [7, 11) is 0. The summed E-state index contributed by atoms with van der Waals surface area (Å²) in [4.78, 5) is 28.9. The summed E-state index contributed by atoms with van der Waals surface area (Å²) in [6, 6.07) is 5.15. The van der Waals surface area contributed by atoms with Crippen LogP contribution in [-0.2, 0) is 16.0 Å². The minimum absolute atomic E-state index is 0.0175. The van der Waals surface area contributed by atoms with Gasteiger partial charge in [-0.3, -0.25) is 14.6 Å². The van der Waals surface area contributed by atoms with Gasteiger partial charge >= 0.3 is 0 Å². The summed E-state index contributed by atoms with van der Waals surface area (Å²) in [6.45, 7) is 3.67. The number of hydrogen-bond donors (Lipinski definition) is 7. The van der Waals surface area contributed by atoms with Crippen LogP contribution in [0.4, 0.5) is 0 Å². The molecule has 0 aliphatic heterocycles. The van der Waals surface area contributed by atoms with Crippen LogP contribution in [0.5, 0.6) is 5.75 Å². The summed E-state index contributed by atoms with van der Waals surface area (Å²) >= 11 is 0. The summed E-state index contributed by atoms with van der Waals surface area (Å²) in [6.07, 6.45) is 0.365. The lowest BCUT2D eigenvalue weighted by molar-refractivity contribution is -0.135. The number of aliphatic hydroxyl groups is 2. The van der Waals surface area contributed by atoms with E-state index in [-0.39, 0.29) is 30.7 Å². The minimum Gasteiger partial charge on any atom is -0.508 e. The maximum atomic E-state index is 12.7. The molecule has 0 bridgehead atoms. The van der Waals surface area contributed by atoms with Gasteiger partial charge in [0.2, 0.25) is 11.8 Å². The highest BCUT2D eigenvalue weighted by Gasteiger charge is 2.28. The SMILES string of the molecule is CC(C)C(NC(=O)C(O)CCc1ccc(O)cc1)C(=O)N[C@H](CO)CCCN=C(N)N. The van der Waals surface area contributed by atoms with Gasteiger partial charge in [0, 0.05) is 6.54 Å². The van der Waals surface area contributed by atoms with E-state index in [4.69, 9.17) is 11.5 Å². The zero-order chi connectivity index (χ0) is 23.4. The molecule has 0 heterocycles. The Morgan fingerprint density at radius 3 is 2.26 bits per heavy atom. The standard InChI is InChI=1S/C21H35N5O5/c1-13(2)18(20(31)25-15(12-27)4-3-11-24-21(22)23)26-19(30)17(29)10-7-14-5-8-16(28)9-6-14/h5-6,8-9,13,15,17-18,27-29H,3-4,7,10-12H2,1-2H3,(H,25,31)(H,26,30)(H4,22,23,24)/t15-,17?,18?/m0/s1. The molecule has 0 aliphatic rings. The van der Waals surface area contributed by atoms with E-state index >= 15 is 0 Å². The molecule has 31 heavy (non-hydrogen) atoms. The van der Waals surface area contributed by atoms with Gasteiger partial charge in [0.15, 0.2) is 5.96 Å². The smallest absolute Gasteiger partial charge is 0.249 e. The number of benzene rings is 1. The van der Waals surface area contributed by atoms with Gasteiger partial charge in [0.1, 0.15) is 17.9 Å². The Balaban J connectivity index is 2.57. The molecule has 1 rings (SSSR count). The number of aryl methyl sites for hydroxylation is 1. The van der Waals surface area contributed by atoms with Crippen molar-refractivity contribution in [3.63, 3.8) is 0 Å². The summed E-state index contributed by atoms with van der Waals surface area (Å²) in [5.41, 5.74) is 11.4. The van der Waals surface area contributed by atoms with Crippen LogP contribution in [0.25, 0.3) is 0 Å². The molecular formula is C21H35N5O5. The Labute approximate surface area is 182 Å². The monoisotopic (exact) mass is 437 g/mol. The molecule has 1 aromatic carbocycles. The third kappa shape index (κ3) is 10.1. The van der Waals surface area contributed by atoms with Gasteiger partial charge in [-0.25, -0.2) is 0 Å². The van der Waals surface area contributed by atoms with Crippen LogP contribution in [0, 0.1) is 5.92 Å². The van der Waals surface area contributed by atoms with Crippen LogP contribution in [0.3, 0.4) is 0 Å². The van der Waals surface area contributed by atoms with E-state index in [1.54, 1.807) is 26.0 Å². The zero-order valence-corrected chi connectivity index (χ0v) is 18.1. The number of guanidine groups is 1. The highest BCUT2D eigenvalue weighted by atomic mass is 16.3. The van der Waals surface area contributed by atoms with Crippen molar-refractivity contribution in [1.29, 1.82) is 0 Å². The fraction of sp³-hybridized carbons (Fsp3) is 0.571. The van der Waals surface area contributed by atoms with Crippen LogP contribution in [-0.4, -0.2) is 64.4 Å². The van der Waals surface area contributed by atoms with Crippen molar-refractivity contribution in [2.45, 2.75) is 57.7 Å². The molecule has 2 unspecified atom stereocenters. The number of carbonyl (C=O) groups is 2. The van der Waals surface area contributed by atoms with E-state index in [1.165, 1.54) is 12.1 Å². The highest BCUT2D eigenvalue weighted by Crippen LogP contribution is 2.12. The predicted molar refractivity (Wildman–Crippen MR) is 118 cm³/mol. The average molecular weight is 438 g/mol. The highest BCUT2D eigenvalue weighted by molar-refractivity contribution is 5.89. The second-order valence-corrected chi connectivity index (χ2v) is 7.79. The molecule has 0 saturated carbocycles. The number of nitrogens with two attached hydrogens (primary N) is 2. The minimum atomic E-state index is -1.28. The lowest BCUT2D eigenvalue weighted by Crippen LogP contribution is -2.54. The fourth-order valence-corrected chi connectivity index (χ4v) is 2.93. The number of amides is 2. The summed E-state index contributed by atoms with van der Waals surface area (Å²) in [5, 5.41) is 34.3. The number of carbonyl (C=O) groups excluding carboxylic acids is 2. The van der Waals surface area contributed by atoms with Crippen molar-refractivity contribution in [1.82, 2.24) is 10.6 Å². The number of phenols is 1. The van der Waals surface area contributed by atoms with Crippen molar-refractivity contribution in [3.05, 3.63) is 29.8 Å². The number of nitrogens with zero attached hydrogens (tertiary/aromatic N) is 1. The third-order valence-electron chi connectivity index (χ3n) is 4.76. The molecule has 174 valence electrons. The fourth-order valence-electron chi connectivity index (χ4n) is 2.93. The maximum absolute atomic E-state index is 12.7. The molecule has 0 aliphatic carbocycles. The Kier molecular flexibility index (Phi) is 11.4. The first kappa shape index (κ1) is 26.2. The van der Waals surface area contributed by atoms with E-state index in [0.717, 1.165) is 5.56 Å². The van der Waals surface area contributed by atoms with E-state index in [9.17, 15) is 24.9 Å². The summed E-state index contributed by atoms with van der Waals surface area (Å²) < 4.78 is 0. The van der Waals surface area contributed by atoms with Gasteiger partial charge < -0.3 is 37.4 Å². The Morgan fingerprint density at radius 2 is 1.71 bits per heavy atom. The number of nitrogens with one attached hydrogen (secondary N) is 2. The number of aliphatic hydroxyl groups excluding tert-OH is 2. The second-order valence-electron chi connectivity index (χ2n) is 7.79. The van der Waals surface area contributed by atoms with Crippen LogP contribution in [0.15, 0.2) is 29.3 Å². The van der Waals surface area contributed by atoms with Gasteiger partial charge in [-0.15, -0.1) is 0 Å². The van der Waals surface area contributed by atoms with Crippen LogP contribution in [0.1, 0.15) is 38.7 Å². The Hall–Kier alpha value is -2.85. The first-order valence-corrected chi connectivity index (χ1v) is 10.4. The van der Waals surface area contributed by atoms with Crippen molar-refractivity contribution in [2.75, 3.05) is 13.2 Å². The van der Waals surface area contributed by atoms with Crippen molar-refractivity contribution in [2.24, 2.45) is 22.4 Å². The molecule has 9 N–H and O–H groups in total. The van der Waals surface area contributed by atoms with Gasteiger partial charge in [0.25, 0.3) is 0 Å². The average Bonchev–Trinajstić information content (AvgIpc) is 2.72. The third-order valence-corrected chi connectivity index (χ3v) is 4.76. The van der Waals surface area contributed by atoms with Crippen LogP contribution in [0.2, 0.25) is 0 Å². The largest absolute Gasteiger partial charge is 0.508 e. The van der Waals surface area contributed by atoms with Gasteiger partial charge in [-0.05, 0) is 49.3 Å². The Bertz CT molecular complexity index is 719. The topological polar surface area (TPSA) is 183 Å². The van der Waals surface area contributed by atoms with Gasteiger partial charge in [0.05, 0.1) is 12.6 Å². The van der Waals surface area contributed by atoms with Gasteiger partial charge in [-0.1, -0.05) is 26.0 Å². The quantitative estimate of drug-likeness (QED) is 0.121. The van der Waals surface area contributed by atoms with Crippen LogP contribution < -0.4 is 22.1 Å². The lowest BCUT2D eigenvalue weighted by atomic mass is 10.0. The molecule has 0 radical (unpaired) electrons. The Morgan fingerprint density at radius 1 is 1.06 bits per heavy atom. The molecule has 0 spiro atoms. The summed E-state index contributed by atoms with van der Waals surface area (Å²) in [5.74, 6) is -1.17.